The van der Waals surface area contributed by atoms with E-state index < -0.39 is 26.5 Å². The molecule has 0 saturated heterocycles. The van der Waals surface area contributed by atoms with E-state index in [0.717, 1.165) is 38.5 Å². The number of phosphoric ester groups is 1. The lowest BCUT2D eigenvalue weighted by Crippen LogP contribution is -2.37. The summed E-state index contributed by atoms with van der Waals surface area (Å²) < 4.78 is 34.6. The van der Waals surface area contributed by atoms with Crippen molar-refractivity contribution in [2.75, 3.05) is 47.5 Å². The Morgan fingerprint density at radius 3 is 0.941 bits per heavy atom. The Morgan fingerprint density at radius 1 is 0.397 bits per heavy atom. The highest BCUT2D eigenvalue weighted by atomic mass is 31.2. The number of esters is 2. The first-order valence-electron chi connectivity index (χ1n) is 29.8. The lowest BCUT2D eigenvalue weighted by Gasteiger charge is -2.24. The summed E-state index contributed by atoms with van der Waals surface area (Å²) in [5, 5.41) is 0. The quantitative estimate of drug-likeness (QED) is 0.0278. The summed E-state index contributed by atoms with van der Waals surface area (Å²) in [4.78, 5) is 35.7. The first-order valence-corrected chi connectivity index (χ1v) is 31.3. The van der Waals surface area contributed by atoms with E-state index >= 15 is 0 Å². The fourth-order valence-electron chi connectivity index (χ4n) is 9.02. The van der Waals surface area contributed by atoms with E-state index in [9.17, 15) is 19.0 Å². The zero-order valence-electron chi connectivity index (χ0n) is 46.1. The average Bonchev–Trinajstić information content (AvgIpc) is 3.30. The van der Waals surface area contributed by atoms with E-state index in [1.807, 2.05) is 21.1 Å². The lowest BCUT2D eigenvalue weighted by molar-refractivity contribution is -0.870. The van der Waals surface area contributed by atoms with Gasteiger partial charge in [-0.2, -0.15) is 0 Å². The molecule has 0 aliphatic heterocycles. The van der Waals surface area contributed by atoms with Crippen LogP contribution in [0.5, 0.6) is 0 Å². The third kappa shape index (κ3) is 54.3. The SMILES string of the molecule is CCCCCCCCCCCCCCCCCCCCCCCCCC(=O)OC(COC(=O)CCCCCCCCCCCCCCCCCCCCCCC)COP(=O)(O)OCC[N+](C)(C)C. The van der Waals surface area contributed by atoms with E-state index in [0.29, 0.717) is 17.4 Å². The fraction of sp³-hybridized carbons (Fsp3) is 0.966. The van der Waals surface area contributed by atoms with E-state index in [-0.39, 0.29) is 25.6 Å². The summed E-state index contributed by atoms with van der Waals surface area (Å²) in [5.41, 5.74) is 0. The summed E-state index contributed by atoms with van der Waals surface area (Å²) in [7, 11) is 1.50. The van der Waals surface area contributed by atoms with Gasteiger partial charge in [0.25, 0.3) is 0 Å². The molecule has 0 aromatic rings. The predicted octanol–water partition coefficient (Wildman–Crippen LogP) is 18.3. The van der Waals surface area contributed by atoms with Crippen LogP contribution in [-0.4, -0.2) is 74.9 Å². The highest BCUT2D eigenvalue weighted by Crippen LogP contribution is 2.43. The lowest BCUT2D eigenvalue weighted by atomic mass is 10.0. The smallest absolute Gasteiger partial charge is 0.462 e. The molecule has 2 atom stereocenters. The van der Waals surface area contributed by atoms with Crippen LogP contribution in [0, 0.1) is 0 Å². The van der Waals surface area contributed by atoms with Crippen LogP contribution in [0.2, 0.25) is 0 Å². The zero-order valence-corrected chi connectivity index (χ0v) is 47.0. The molecule has 0 heterocycles. The molecular weight excluding hydrogens is 870 g/mol. The van der Waals surface area contributed by atoms with Crippen LogP contribution < -0.4 is 0 Å². The number of rotatable bonds is 56. The third-order valence-corrected chi connectivity index (χ3v) is 14.6. The van der Waals surface area contributed by atoms with Crippen molar-refractivity contribution in [1.82, 2.24) is 0 Å². The van der Waals surface area contributed by atoms with Crippen molar-refractivity contribution in [2.24, 2.45) is 0 Å². The van der Waals surface area contributed by atoms with Crippen molar-refractivity contribution in [2.45, 2.75) is 315 Å². The van der Waals surface area contributed by atoms with Crippen LogP contribution in [-0.2, 0) is 32.7 Å². The molecule has 0 aliphatic rings. The topological polar surface area (TPSA) is 108 Å². The minimum Gasteiger partial charge on any atom is -0.462 e. The first kappa shape index (κ1) is 67.0. The van der Waals surface area contributed by atoms with Crippen LogP contribution in [0.3, 0.4) is 0 Å². The van der Waals surface area contributed by atoms with Crippen LogP contribution in [0.15, 0.2) is 0 Å². The van der Waals surface area contributed by atoms with Crippen molar-refractivity contribution in [1.29, 1.82) is 0 Å². The molecule has 0 aliphatic carbocycles. The van der Waals surface area contributed by atoms with Gasteiger partial charge in [0, 0.05) is 12.8 Å². The highest BCUT2D eigenvalue weighted by molar-refractivity contribution is 7.47. The number of ether oxygens (including phenoxy) is 2. The molecule has 9 nitrogen and oxygen atoms in total. The van der Waals surface area contributed by atoms with Gasteiger partial charge in [0.15, 0.2) is 6.10 Å². The Hall–Kier alpha value is -0.990. The molecule has 0 fully saturated rings. The molecule has 10 heteroatoms. The Kier molecular flexibility index (Phi) is 50.2. The Labute approximate surface area is 423 Å². The largest absolute Gasteiger partial charge is 0.472 e. The number of hydrogen-bond donors (Lipinski definition) is 1. The van der Waals surface area contributed by atoms with Crippen molar-refractivity contribution in [3.05, 3.63) is 0 Å². The number of hydrogen-bond acceptors (Lipinski definition) is 7. The Bertz CT molecular complexity index is 1120. The molecule has 0 rings (SSSR count). The summed E-state index contributed by atoms with van der Waals surface area (Å²) in [6.45, 7) is 4.51. The summed E-state index contributed by atoms with van der Waals surface area (Å²) >= 11 is 0. The van der Waals surface area contributed by atoms with Gasteiger partial charge < -0.3 is 18.9 Å². The molecule has 0 aromatic heterocycles. The predicted molar refractivity (Wildman–Crippen MR) is 289 cm³/mol. The zero-order chi connectivity index (χ0) is 49.9. The maximum absolute atomic E-state index is 12.8. The van der Waals surface area contributed by atoms with Gasteiger partial charge in [-0.05, 0) is 12.8 Å². The Morgan fingerprint density at radius 2 is 0.662 bits per heavy atom. The van der Waals surface area contributed by atoms with Gasteiger partial charge in [-0.1, -0.05) is 284 Å². The minimum atomic E-state index is -4.38. The molecule has 0 aromatic carbocycles. The normalized spacial score (nSPS) is 13.2. The molecular formula is C58H117NO8P+. The van der Waals surface area contributed by atoms with Gasteiger partial charge in [0.05, 0.1) is 27.7 Å². The molecule has 0 spiro atoms. The molecule has 0 radical (unpaired) electrons. The van der Waals surface area contributed by atoms with Gasteiger partial charge in [0.2, 0.25) is 0 Å². The second-order valence-corrected chi connectivity index (χ2v) is 23.2. The number of phosphoric acid groups is 1. The van der Waals surface area contributed by atoms with Crippen LogP contribution in [0.25, 0.3) is 0 Å². The first-order chi connectivity index (χ1) is 33.0. The molecule has 0 bridgehead atoms. The fourth-order valence-corrected chi connectivity index (χ4v) is 9.76. The minimum absolute atomic E-state index is 0.0375. The van der Waals surface area contributed by atoms with Crippen LogP contribution >= 0.6 is 7.82 Å². The van der Waals surface area contributed by atoms with E-state index in [1.54, 1.807) is 0 Å². The van der Waals surface area contributed by atoms with Crippen molar-refractivity contribution >= 4 is 19.8 Å². The highest BCUT2D eigenvalue weighted by Gasteiger charge is 2.27. The van der Waals surface area contributed by atoms with Crippen molar-refractivity contribution in [3.63, 3.8) is 0 Å². The van der Waals surface area contributed by atoms with E-state index in [2.05, 4.69) is 13.8 Å². The Balaban J connectivity index is 4.09. The van der Waals surface area contributed by atoms with Gasteiger partial charge >= 0.3 is 19.8 Å². The molecule has 406 valence electrons. The summed E-state index contributed by atoms with van der Waals surface area (Å²) in [6.07, 6.45) is 57.4. The number of nitrogens with zero attached hydrogens (tertiary/aromatic N) is 1. The van der Waals surface area contributed by atoms with Gasteiger partial charge in [-0.25, -0.2) is 4.57 Å². The summed E-state index contributed by atoms with van der Waals surface area (Å²) in [5.74, 6) is -0.772. The van der Waals surface area contributed by atoms with Crippen molar-refractivity contribution in [3.8, 4) is 0 Å². The van der Waals surface area contributed by atoms with Gasteiger partial charge in [0.1, 0.15) is 19.8 Å². The second-order valence-electron chi connectivity index (χ2n) is 21.8. The average molecular weight is 988 g/mol. The molecule has 1 N–H and O–H groups in total. The molecule has 0 amide bonds. The number of unbranched alkanes of at least 4 members (excludes halogenated alkanes) is 42. The number of quaternary nitrogens is 1. The number of likely N-dealkylation sites (N-methyl/N-ethyl adjacent to an activating group) is 1. The van der Waals surface area contributed by atoms with Gasteiger partial charge in [-0.15, -0.1) is 0 Å². The maximum Gasteiger partial charge on any atom is 0.472 e. The number of carbonyl (C=O) groups excluding carboxylic acids is 2. The number of carbonyl (C=O) groups is 2. The summed E-state index contributed by atoms with van der Waals surface area (Å²) in [6, 6.07) is 0. The van der Waals surface area contributed by atoms with Crippen molar-refractivity contribution < 1.29 is 42.1 Å². The van der Waals surface area contributed by atoms with E-state index in [4.69, 9.17) is 18.5 Å². The monoisotopic (exact) mass is 987 g/mol. The third-order valence-electron chi connectivity index (χ3n) is 13.6. The maximum atomic E-state index is 12.8. The van der Waals surface area contributed by atoms with Gasteiger partial charge in [-0.3, -0.25) is 18.6 Å². The molecule has 2 unspecified atom stereocenters. The van der Waals surface area contributed by atoms with E-state index in [1.165, 1.54) is 244 Å². The second kappa shape index (κ2) is 50.9. The molecule has 68 heavy (non-hydrogen) atoms. The van der Waals surface area contributed by atoms with Crippen LogP contribution in [0.1, 0.15) is 309 Å². The van der Waals surface area contributed by atoms with Crippen LogP contribution in [0.4, 0.5) is 0 Å². The standard InChI is InChI=1S/C58H116NO8P/c1-6-8-10-12-14-16-18-20-22-24-26-28-29-31-33-35-37-39-41-43-45-47-49-51-58(61)67-56(55-66-68(62,63)65-53-52-59(3,4)5)54-64-57(60)50-48-46-44-42-40-38-36-34-32-30-27-25-23-21-19-17-15-13-11-9-7-2/h56H,6-55H2,1-5H3/p+1. The molecule has 0 saturated carbocycles.